The van der Waals surface area contributed by atoms with Gasteiger partial charge >= 0.3 is 0 Å². The van der Waals surface area contributed by atoms with Crippen LogP contribution in [0.15, 0.2) is 205 Å². The summed E-state index contributed by atoms with van der Waals surface area (Å²) in [7, 11) is 0. The molecule has 0 saturated heterocycles. The standard InChI is InChI=1S/C52H33NO/c1-2-10-34(11-3-1)39-26-31-51-49(32-39)47-18-9-19-50(52(47)54-51)53(41-29-24-38-21-20-35-12-5-7-15-44(35)48(38)33-41)40-27-22-37(23-28-40)43-16-8-17-45-42-14-6-4-13-36(42)25-30-46(43)45/h1-33H. The SMILES string of the molecule is c1ccc(-c2ccc3oc4c(N(c5ccc(-c6cccc7c6ccc6ccccc67)cc5)c5ccc6ccc7ccccc7c6c5)cccc4c3c2)cc1. The Morgan fingerprint density at radius 3 is 1.74 bits per heavy atom. The highest BCUT2D eigenvalue weighted by Gasteiger charge is 2.21. The van der Waals surface area contributed by atoms with E-state index < -0.39 is 0 Å². The van der Waals surface area contributed by atoms with Gasteiger partial charge in [0.2, 0.25) is 0 Å². The van der Waals surface area contributed by atoms with Crippen LogP contribution in [0.4, 0.5) is 17.1 Å². The third-order valence-electron chi connectivity index (χ3n) is 11.0. The van der Waals surface area contributed by atoms with Gasteiger partial charge in [-0.25, -0.2) is 0 Å². The summed E-state index contributed by atoms with van der Waals surface area (Å²) in [6, 6.07) is 72.2. The molecule has 0 N–H and O–H groups in total. The van der Waals surface area contributed by atoms with Gasteiger partial charge in [0, 0.05) is 22.1 Å². The Kier molecular flexibility index (Phi) is 6.90. The van der Waals surface area contributed by atoms with Crippen LogP contribution in [-0.2, 0) is 0 Å². The van der Waals surface area contributed by atoms with Gasteiger partial charge in [-0.3, -0.25) is 0 Å². The Morgan fingerprint density at radius 1 is 0.315 bits per heavy atom. The highest BCUT2D eigenvalue weighted by atomic mass is 16.3. The van der Waals surface area contributed by atoms with Gasteiger partial charge in [0.05, 0.1) is 5.69 Å². The number of hydrogen-bond acceptors (Lipinski definition) is 2. The molecular formula is C52H33NO. The quantitative estimate of drug-likeness (QED) is 0.168. The molecule has 0 radical (unpaired) electrons. The Balaban J connectivity index is 1.11. The van der Waals surface area contributed by atoms with Crippen LogP contribution in [0.25, 0.3) is 87.3 Å². The Morgan fingerprint density at radius 2 is 0.926 bits per heavy atom. The minimum atomic E-state index is 0.862. The van der Waals surface area contributed by atoms with Crippen molar-refractivity contribution in [3.63, 3.8) is 0 Å². The molecule has 0 amide bonds. The third-order valence-corrected chi connectivity index (χ3v) is 11.0. The minimum Gasteiger partial charge on any atom is -0.454 e. The van der Waals surface area contributed by atoms with E-state index in [2.05, 4.69) is 205 Å². The van der Waals surface area contributed by atoms with Gasteiger partial charge in [0.15, 0.2) is 5.58 Å². The second-order valence-corrected chi connectivity index (χ2v) is 14.1. The first-order valence-electron chi connectivity index (χ1n) is 18.5. The molecule has 0 aliphatic heterocycles. The Bertz CT molecular complexity index is 3210. The summed E-state index contributed by atoms with van der Waals surface area (Å²) in [5, 5.41) is 12.2. The lowest BCUT2D eigenvalue weighted by Gasteiger charge is -2.26. The fourth-order valence-electron chi connectivity index (χ4n) is 8.41. The van der Waals surface area contributed by atoms with Crippen molar-refractivity contribution in [3.05, 3.63) is 200 Å². The van der Waals surface area contributed by atoms with Crippen LogP contribution >= 0.6 is 0 Å². The monoisotopic (exact) mass is 687 g/mol. The van der Waals surface area contributed by atoms with Crippen molar-refractivity contribution in [2.24, 2.45) is 0 Å². The van der Waals surface area contributed by atoms with E-state index in [0.717, 1.165) is 39.0 Å². The molecule has 10 aromatic carbocycles. The van der Waals surface area contributed by atoms with Crippen molar-refractivity contribution >= 4 is 82.1 Å². The summed E-state index contributed by atoms with van der Waals surface area (Å²) in [5.41, 5.74) is 9.63. The summed E-state index contributed by atoms with van der Waals surface area (Å²) in [5.74, 6) is 0. The molecule has 11 rings (SSSR count). The summed E-state index contributed by atoms with van der Waals surface area (Å²) < 4.78 is 6.79. The zero-order valence-corrected chi connectivity index (χ0v) is 29.4. The number of furan rings is 1. The first-order valence-corrected chi connectivity index (χ1v) is 18.5. The van der Waals surface area contributed by atoms with Crippen molar-refractivity contribution in [2.45, 2.75) is 0 Å². The van der Waals surface area contributed by atoms with Crippen LogP contribution in [0.2, 0.25) is 0 Å². The van der Waals surface area contributed by atoms with Crippen LogP contribution < -0.4 is 4.90 Å². The molecule has 1 aromatic heterocycles. The van der Waals surface area contributed by atoms with Gasteiger partial charge in [-0.2, -0.15) is 0 Å². The summed E-state index contributed by atoms with van der Waals surface area (Å²) in [6.07, 6.45) is 0. The summed E-state index contributed by atoms with van der Waals surface area (Å²) in [4.78, 5) is 2.35. The predicted octanol–water partition coefficient (Wildman–Crippen LogP) is 15.0. The fraction of sp³-hybridized carbons (Fsp3) is 0. The van der Waals surface area contributed by atoms with Gasteiger partial charge < -0.3 is 9.32 Å². The van der Waals surface area contributed by atoms with Crippen molar-refractivity contribution in [1.82, 2.24) is 0 Å². The second kappa shape index (κ2) is 12.2. The molecule has 0 spiro atoms. The van der Waals surface area contributed by atoms with E-state index >= 15 is 0 Å². The van der Waals surface area contributed by atoms with E-state index in [1.54, 1.807) is 0 Å². The number of rotatable bonds is 5. The maximum Gasteiger partial charge on any atom is 0.159 e. The lowest BCUT2D eigenvalue weighted by molar-refractivity contribution is 0.669. The first-order chi connectivity index (χ1) is 26.8. The molecule has 0 bridgehead atoms. The molecule has 0 aliphatic rings. The number of anilines is 3. The van der Waals surface area contributed by atoms with Crippen LogP contribution in [0.1, 0.15) is 0 Å². The number of nitrogens with zero attached hydrogens (tertiary/aromatic N) is 1. The average molecular weight is 688 g/mol. The predicted molar refractivity (Wildman–Crippen MR) is 229 cm³/mol. The van der Waals surface area contributed by atoms with Crippen molar-refractivity contribution in [2.75, 3.05) is 4.90 Å². The number of fused-ring (bicyclic) bond motifs is 9. The molecule has 0 unspecified atom stereocenters. The van der Waals surface area contributed by atoms with Gasteiger partial charge in [0.25, 0.3) is 0 Å². The Labute approximate surface area is 312 Å². The third kappa shape index (κ3) is 4.88. The van der Waals surface area contributed by atoms with Gasteiger partial charge in [-0.05, 0) is 108 Å². The largest absolute Gasteiger partial charge is 0.454 e. The number of hydrogen-bond donors (Lipinski definition) is 0. The highest BCUT2D eigenvalue weighted by Crippen LogP contribution is 2.44. The molecule has 54 heavy (non-hydrogen) atoms. The lowest BCUT2D eigenvalue weighted by Crippen LogP contribution is -2.10. The summed E-state index contributed by atoms with van der Waals surface area (Å²) in [6.45, 7) is 0. The van der Waals surface area contributed by atoms with E-state index in [1.165, 1.54) is 65.3 Å². The highest BCUT2D eigenvalue weighted by molar-refractivity contribution is 6.14. The van der Waals surface area contributed by atoms with E-state index in [1.807, 2.05) is 0 Å². The van der Waals surface area contributed by atoms with Crippen LogP contribution in [0.3, 0.4) is 0 Å². The number of benzene rings is 10. The molecule has 0 saturated carbocycles. The van der Waals surface area contributed by atoms with Gasteiger partial charge in [-0.1, -0.05) is 158 Å². The maximum absolute atomic E-state index is 6.79. The molecule has 1 heterocycles. The lowest BCUT2D eigenvalue weighted by atomic mass is 9.94. The fourth-order valence-corrected chi connectivity index (χ4v) is 8.41. The van der Waals surface area contributed by atoms with E-state index in [-0.39, 0.29) is 0 Å². The molecule has 252 valence electrons. The molecular weight excluding hydrogens is 655 g/mol. The van der Waals surface area contributed by atoms with Crippen LogP contribution in [0, 0.1) is 0 Å². The molecule has 0 fully saturated rings. The van der Waals surface area contributed by atoms with Crippen LogP contribution in [0.5, 0.6) is 0 Å². The van der Waals surface area contributed by atoms with Crippen molar-refractivity contribution in [1.29, 1.82) is 0 Å². The second-order valence-electron chi connectivity index (χ2n) is 14.1. The smallest absolute Gasteiger partial charge is 0.159 e. The van der Waals surface area contributed by atoms with E-state index in [9.17, 15) is 0 Å². The Hall–Kier alpha value is -7.16. The van der Waals surface area contributed by atoms with E-state index in [4.69, 9.17) is 4.42 Å². The van der Waals surface area contributed by atoms with Gasteiger partial charge in [-0.15, -0.1) is 0 Å². The molecule has 11 aromatic rings. The minimum absolute atomic E-state index is 0.862. The van der Waals surface area contributed by atoms with E-state index in [0.29, 0.717) is 0 Å². The topological polar surface area (TPSA) is 16.4 Å². The van der Waals surface area contributed by atoms with Gasteiger partial charge in [0.1, 0.15) is 5.58 Å². The zero-order valence-electron chi connectivity index (χ0n) is 29.4. The van der Waals surface area contributed by atoms with Crippen LogP contribution in [-0.4, -0.2) is 0 Å². The normalized spacial score (nSPS) is 11.7. The first kappa shape index (κ1) is 30.5. The maximum atomic E-state index is 6.79. The average Bonchev–Trinajstić information content (AvgIpc) is 3.63. The molecule has 2 heteroatoms. The van der Waals surface area contributed by atoms with Crippen molar-refractivity contribution < 1.29 is 4.42 Å². The number of para-hydroxylation sites is 1. The molecule has 2 nitrogen and oxygen atoms in total. The zero-order chi connectivity index (χ0) is 35.6. The van der Waals surface area contributed by atoms with Crippen molar-refractivity contribution in [3.8, 4) is 22.3 Å². The molecule has 0 atom stereocenters. The molecule has 0 aliphatic carbocycles. The summed E-state index contributed by atoms with van der Waals surface area (Å²) >= 11 is 0.